The van der Waals surface area contributed by atoms with Gasteiger partial charge in [0.25, 0.3) is 5.91 Å². The number of fused-ring (bicyclic) bond motifs is 3. The van der Waals surface area contributed by atoms with Gasteiger partial charge in [-0.05, 0) is 18.2 Å². The first kappa shape index (κ1) is 18.3. The largest absolute Gasteiger partial charge is 0.488 e. The van der Waals surface area contributed by atoms with Crippen molar-refractivity contribution in [1.29, 1.82) is 0 Å². The van der Waals surface area contributed by atoms with E-state index in [0.717, 1.165) is 21.8 Å². The fourth-order valence-electron chi connectivity index (χ4n) is 3.09. The Bertz CT molecular complexity index is 1030. The summed E-state index contributed by atoms with van der Waals surface area (Å²) in [4.78, 5) is 28.3. The number of nitrogens with zero attached hydrogens (tertiary/aromatic N) is 1. The molecule has 0 saturated heterocycles. The van der Waals surface area contributed by atoms with E-state index in [1.165, 1.54) is 16.2 Å². The lowest BCUT2D eigenvalue weighted by atomic mass is 10.1. The summed E-state index contributed by atoms with van der Waals surface area (Å²) >= 11 is 1.36. The minimum Gasteiger partial charge on any atom is -0.488 e. The third kappa shape index (κ3) is 3.39. The van der Waals surface area contributed by atoms with E-state index in [4.69, 9.17) is 9.47 Å². The maximum Gasteiger partial charge on any atom is 0.349 e. The van der Waals surface area contributed by atoms with Crippen molar-refractivity contribution in [2.45, 2.75) is 12.7 Å². The fourth-order valence-corrected chi connectivity index (χ4v) is 4.17. The standard InChI is InChI=1S/C22H19NO4S/c1-23(2)21(24)19(14-8-4-3-5-9-14)27-22(25)18-12-15-13-26-17-11-7-6-10-16(17)20(15)28-18/h3-12,19H,13H2,1-2H3. The van der Waals surface area contributed by atoms with Crippen molar-refractivity contribution in [3.63, 3.8) is 0 Å². The van der Waals surface area contributed by atoms with Crippen LogP contribution in [0.5, 0.6) is 5.75 Å². The van der Waals surface area contributed by atoms with Crippen molar-refractivity contribution < 1.29 is 19.1 Å². The molecule has 142 valence electrons. The van der Waals surface area contributed by atoms with Gasteiger partial charge in [0.05, 0.1) is 0 Å². The van der Waals surface area contributed by atoms with E-state index in [2.05, 4.69) is 0 Å². The zero-order chi connectivity index (χ0) is 19.7. The zero-order valence-electron chi connectivity index (χ0n) is 15.5. The van der Waals surface area contributed by atoms with Gasteiger partial charge < -0.3 is 14.4 Å². The maximum absolute atomic E-state index is 12.9. The van der Waals surface area contributed by atoms with Crippen LogP contribution in [0.3, 0.4) is 0 Å². The molecule has 2 heterocycles. The highest BCUT2D eigenvalue weighted by molar-refractivity contribution is 7.17. The van der Waals surface area contributed by atoms with Crippen molar-refractivity contribution in [3.05, 3.63) is 76.7 Å². The van der Waals surface area contributed by atoms with Crippen molar-refractivity contribution in [2.75, 3.05) is 14.1 Å². The molecule has 0 bridgehead atoms. The first-order chi connectivity index (χ1) is 13.5. The van der Waals surface area contributed by atoms with E-state index in [0.29, 0.717) is 17.0 Å². The molecule has 0 saturated carbocycles. The smallest absolute Gasteiger partial charge is 0.349 e. The highest BCUT2D eigenvalue weighted by Gasteiger charge is 2.29. The van der Waals surface area contributed by atoms with Gasteiger partial charge in [-0.15, -0.1) is 11.3 Å². The van der Waals surface area contributed by atoms with Gasteiger partial charge >= 0.3 is 5.97 Å². The number of carbonyl (C=O) groups is 2. The van der Waals surface area contributed by atoms with Gasteiger partial charge in [-0.2, -0.15) is 0 Å². The molecule has 3 aromatic rings. The Kier molecular flexibility index (Phi) is 4.88. The van der Waals surface area contributed by atoms with E-state index < -0.39 is 12.1 Å². The van der Waals surface area contributed by atoms with Crippen LogP contribution in [0.1, 0.15) is 26.9 Å². The summed E-state index contributed by atoms with van der Waals surface area (Å²) in [5.74, 6) is 0.0113. The number of ether oxygens (including phenoxy) is 2. The minimum atomic E-state index is -0.980. The molecule has 1 atom stereocenters. The molecule has 0 radical (unpaired) electrons. The normalized spacial score (nSPS) is 12.9. The molecular formula is C22H19NO4S. The zero-order valence-corrected chi connectivity index (χ0v) is 16.4. The summed E-state index contributed by atoms with van der Waals surface area (Å²) in [6, 6.07) is 18.6. The number of thiophene rings is 1. The summed E-state index contributed by atoms with van der Waals surface area (Å²) in [6.45, 7) is 0.412. The molecule has 6 heteroatoms. The number of amides is 1. The molecule has 0 N–H and O–H groups in total. The Morgan fingerprint density at radius 2 is 1.79 bits per heavy atom. The Labute approximate surface area is 167 Å². The van der Waals surface area contributed by atoms with Crippen LogP contribution in [0.25, 0.3) is 10.4 Å². The van der Waals surface area contributed by atoms with Gasteiger partial charge in [-0.1, -0.05) is 42.5 Å². The van der Waals surface area contributed by atoms with Gasteiger partial charge in [0.15, 0.2) is 0 Å². The number of likely N-dealkylation sites (N-methyl/N-ethyl adjacent to an activating group) is 1. The number of benzene rings is 2. The van der Waals surface area contributed by atoms with Crippen LogP contribution in [-0.2, 0) is 16.1 Å². The molecule has 1 unspecified atom stereocenters. The number of hydrogen-bond acceptors (Lipinski definition) is 5. The number of para-hydroxylation sites is 1. The highest BCUT2D eigenvalue weighted by atomic mass is 32.1. The second-order valence-electron chi connectivity index (χ2n) is 6.68. The summed E-state index contributed by atoms with van der Waals surface area (Å²) in [5.41, 5.74) is 2.56. The Morgan fingerprint density at radius 1 is 1.07 bits per heavy atom. The van der Waals surface area contributed by atoms with Crippen LogP contribution in [0, 0.1) is 0 Å². The molecule has 0 aliphatic carbocycles. The average Bonchev–Trinajstić information content (AvgIpc) is 3.17. The van der Waals surface area contributed by atoms with E-state index in [1.54, 1.807) is 32.3 Å². The third-order valence-electron chi connectivity index (χ3n) is 4.52. The molecule has 1 aromatic heterocycles. The SMILES string of the molecule is CN(C)C(=O)C(OC(=O)c1cc2c(s1)-c1ccccc1OC2)c1ccccc1. The molecule has 0 fully saturated rings. The maximum atomic E-state index is 12.9. The molecule has 5 nitrogen and oxygen atoms in total. The van der Waals surface area contributed by atoms with Crippen LogP contribution >= 0.6 is 11.3 Å². The minimum absolute atomic E-state index is 0.283. The molecule has 1 amide bonds. The number of esters is 1. The Balaban J connectivity index is 1.63. The fraction of sp³-hybridized carbons (Fsp3) is 0.182. The van der Waals surface area contributed by atoms with Gasteiger partial charge in [-0.3, -0.25) is 4.79 Å². The summed E-state index contributed by atoms with van der Waals surface area (Å²) in [5, 5.41) is 0. The van der Waals surface area contributed by atoms with Crippen LogP contribution in [-0.4, -0.2) is 30.9 Å². The molecule has 2 aromatic carbocycles. The van der Waals surface area contributed by atoms with Crippen LogP contribution < -0.4 is 4.74 Å². The first-order valence-electron chi connectivity index (χ1n) is 8.86. The molecule has 1 aliphatic heterocycles. The summed E-state index contributed by atoms with van der Waals surface area (Å²) < 4.78 is 11.4. The van der Waals surface area contributed by atoms with Gasteiger partial charge in [-0.25, -0.2) is 4.79 Å². The second-order valence-corrected chi connectivity index (χ2v) is 7.73. The monoisotopic (exact) mass is 393 g/mol. The summed E-state index contributed by atoms with van der Waals surface area (Å²) in [6.07, 6.45) is -0.980. The lowest BCUT2D eigenvalue weighted by Gasteiger charge is -2.20. The predicted octanol–water partition coefficient (Wildman–Crippen LogP) is 4.29. The van der Waals surface area contributed by atoms with E-state index >= 15 is 0 Å². The third-order valence-corrected chi connectivity index (χ3v) is 5.71. The van der Waals surface area contributed by atoms with Crippen LogP contribution in [0.4, 0.5) is 0 Å². The topological polar surface area (TPSA) is 55.8 Å². The Morgan fingerprint density at radius 3 is 2.54 bits per heavy atom. The van der Waals surface area contributed by atoms with Gasteiger partial charge in [0.1, 0.15) is 17.2 Å². The number of carbonyl (C=O) groups excluding carboxylic acids is 2. The van der Waals surface area contributed by atoms with Gasteiger partial charge in [0.2, 0.25) is 6.10 Å². The molecule has 1 aliphatic rings. The van der Waals surface area contributed by atoms with Crippen molar-refractivity contribution in [2.24, 2.45) is 0 Å². The van der Waals surface area contributed by atoms with E-state index in [-0.39, 0.29) is 5.91 Å². The average molecular weight is 393 g/mol. The number of rotatable bonds is 4. The lowest BCUT2D eigenvalue weighted by molar-refractivity contribution is -0.138. The second kappa shape index (κ2) is 7.48. The number of hydrogen-bond donors (Lipinski definition) is 0. The lowest BCUT2D eigenvalue weighted by Crippen LogP contribution is -2.31. The quantitative estimate of drug-likeness (QED) is 0.621. The molecule has 0 spiro atoms. The molecule has 28 heavy (non-hydrogen) atoms. The first-order valence-corrected chi connectivity index (χ1v) is 9.68. The van der Waals surface area contributed by atoms with E-state index in [1.807, 2.05) is 42.5 Å². The molecular weight excluding hydrogens is 374 g/mol. The van der Waals surface area contributed by atoms with Crippen molar-refractivity contribution in [3.8, 4) is 16.2 Å². The Hall–Kier alpha value is -3.12. The van der Waals surface area contributed by atoms with Crippen LogP contribution in [0.2, 0.25) is 0 Å². The van der Waals surface area contributed by atoms with Crippen molar-refractivity contribution >= 4 is 23.2 Å². The summed E-state index contributed by atoms with van der Waals surface area (Å²) in [7, 11) is 3.29. The van der Waals surface area contributed by atoms with Gasteiger partial charge in [0, 0.05) is 35.7 Å². The van der Waals surface area contributed by atoms with E-state index in [9.17, 15) is 9.59 Å². The van der Waals surface area contributed by atoms with Crippen LogP contribution in [0.15, 0.2) is 60.7 Å². The predicted molar refractivity (Wildman–Crippen MR) is 107 cm³/mol. The molecule has 4 rings (SSSR count). The van der Waals surface area contributed by atoms with Crippen molar-refractivity contribution in [1.82, 2.24) is 4.90 Å². The highest BCUT2D eigenvalue weighted by Crippen LogP contribution is 2.42.